The van der Waals surface area contributed by atoms with Crippen LogP contribution in [0.1, 0.15) is 73.1 Å². The Bertz CT molecular complexity index is 912. The largest absolute Gasteiger partial charge is 0.340 e. The summed E-state index contributed by atoms with van der Waals surface area (Å²) in [5, 5.41) is 5.56. The van der Waals surface area contributed by atoms with Crippen LogP contribution in [0.15, 0.2) is 48.8 Å². The number of rotatable bonds is 12. The van der Waals surface area contributed by atoms with Gasteiger partial charge in [0.2, 0.25) is 5.91 Å². The molecule has 7 nitrogen and oxygen atoms in total. The number of nitrogens with zero attached hydrogens (tertiary/aromatic N) is 1. The molecule has 31 heavy (non-hydrogen) atoms. The van der Waals surface area contributed by atoms with Gasteiger partial charge in [-0.1, -0.05) is 31.9 Å². The van der Waals surface area contributed by atoms with Crippen LogP contribution in [0.5, 0.6) is 0 Å². The number of Topliss-reactive ketones (excluding diaryl/α,β-unsaturated/α-hetero) is 2. The van der Waals surface area contributed by atoms with E-state index < -0.39 is 6.04 Å². The zero-order valence-electron chi connectivity index (χ0n) is 18.0. The molecule has 2 rings (SSSR count). The summed E-state index contributed by atoms with van der Waals surface area (Å²) in [6, 6.07) is 9.21. The highest BCUT2D eigenvalue weighted by molar-refractivity contribution is 6.02. The normalized spacial score (nSPS) is 11.4. The average molecular weight is 424 g/mol. The smallest absolute Gasteiger partial charge is 0.253 e. The van der Waals surface area contributed by atoms with Crippen molar-refractivity contribution in [3.05, 3.63) is 59.9 Å². The van der Waals surface area contributed by atoms with Gasteiger partial charge in [-0.15, -0.1) is 0 Å². The van der Waals surface area contributed by atoms with Crippen molar-refractivity contribution in [1.82, 2.24) is 10.3 Å². The zero-order chi connectivity index (χ0) is 22.6. The van der Waals surface area contributed by atoms with E-state index in [1.165, 1.54) is 13.1 Å². The molecule has 7 heteroatoms. The van der Waals surface area contributed by atoms with E-state index in [9.17, 15) is 19.2 Å². The molecule has 0 unspecified atom stereocenters. The lowest BCUT2D eigenvalue weighted by atomic mass is 10.0. The maximum Gasteiger partial charge on any atom is 0.253 e. The van der Waals surface area contributed by atoms with E-state index in [4.69, 9.17) is 0 Å². The number of carbonyl (C=O) groups excluding carboxylic acids is 4. The molecule has 1 atom stereocenters. The maximum atomic E-state index is 12.9. The van der Waals surface area contributed by atoms with E-state index in [0.717, 1.165) is 12.8 Å². The number of aromatic nitrogens is 1. The topological polar surface area (TPSA) is 105 Å². The highest BCUT2D eigenvalue weighted by atomic mass is 16.2. The van der Waals surface area contributed by atoms with E-state index in [1.54, 1.807) is 42.6 Å². The molecule has 2 amide bonds. The summed E-state index contributed by atoms with van der Waals surface area (Å²) in [4.78, 5) is 52.4. The summed E-state index contributed by atoms with van der Waals surface area (Å²) in [6.07, 6.45) is 6.76. The SMILES string of the molecule is CCC(=O)CCCCC[C@H](NC(=O)c1cccnc1)C(=O)Nc1cccc(C(C)=O)c1. The third-order valence-electron chi connectivity index (χ3n) is 4.92. The van der Waals surface area contributed by atoms with Crippen LogP contribution in [0.2, 0.25) is 0 Å². The van der Waals surface area contributed by atoms with E-state index in [2.05, 4.69) is 15.6 Å². The second-order valence-corrected chi connectivity index (χ2v) is 7.39. The van der Waals surface area contributed by atoms with Gasteiger partial charge in [-0.25, -0.2) is 0 Å². The van der Waals surface area contributed by atoms with Crippen molar-refractivity contribution < 1.29 is 19.2 Å². The van der Waals surface area contributed by atoms with E-state index in [1.807, 2.05) is 6.92 Å². The van der Waals surface area contributed by atoms with Crippen LogP contribution in [-0.2, 0) is 9.59 Å². The Morgan fingerprint density at radius 1 is 1.00 bits per heavy atom. The number of nitrogens with one attached hydrogen (secondary N) is 2. The molecular weight excluding hydrogens is 394 g/mol. The molecule has 0 saturated heterocycles. The number of hydrogen-bond acceptors (Lipinski definition) is 5. The minimum absolute atomic E-state index is 0.0980. The number of hydrogen-bond donors (Lipinski definition) is 2. The molecule has 0 spiro atoms. The molecule has 164 valence electrons. The predicted octanol–water partition coefficient (Wildman–Crippen LogP) is 3.95. The lowest BCUT2D eigenvalue weighted by Gasteiger charge is -2.19. The van der Waals surface area contributed by atoms with Crippen molar-refractivity contribution in [1.29, 1.82) is 0 Å². The quantitative estimate of drug-likeness (QED) is 0.397. The average Bonchev–Trinajstić information content (AvgIpc) is 2.78. The van der Waals surface area contributed by atoms with Gasteiger partial charge in [0.05, 0.1) is 5.56 Å². The van der Waals surface area contributed by atoms with Crippen LogP contribution in [0.25, 0.3) is 0 Å². The lowest BCUT2D eigenvalue weighted by Crippen LogP contribution is -2.43. The van der Waals surface area contributed by atoms with Crippen molar-refractivity contribution in [3.63, 3.8) is 0 Å². The Morgan fingerprint density at radius 2 is 1.77 bits per heavy atom. The van der Waals surface area contributed by atoms with E-state index in [0.29, 0.717) is 42.5 Å². The van der Waals surface area contributed by atoms with Crippen LogP contribution in [0.4, 0.5) is 5.69 Å². The van der Waals surface area contributed by atoms with Gasteiger partial charge >= 0.3 is 0 Å². The fourth-order valence-corrected chi connectivity index (χ4v) is 3.08. The summed E-state index contributed by atoms with van der Waals surface area (Å²) >= 11 is 0. The minimum Gasteiger partial charge on any atom is -0.340 e. The van der Waals surface area contributed by atoms with Crippen molar-refractivity contribution in [2.45, 2.75) is 58.4 Å². The predicted molar refractivity (Wildman–Crippen MR) is 119 cm³/mol. The van der Waals surface area contributed by atoms with Crippen molar-refractivity contribution >= 4 is 29.1 Å². The molecule has 0 aliphatic rings. The third kappa shape index (κ3) is 8.12. The van der Waals surface area contributed by atoms with E-state index >= 15 is 0 Å². The molecule has 2 N–H and O–H groups in total. The first-order chi connectivity index (χ1) is 14.9. The summed E-state index contributed by atoms with van der Waals surface area (Å²) in [6.45, 7) is 3.30. The second-order valence-electron chi connectivity index (χ2n) is 7.39. The van der Waals surface area contributed by atoms with E-state index in [-0.39, 0.29) is 23.4 Å². The molecule has 1 heterocycles. The summed E-state index contributed by atoms with van der Waals surface area (Å²) in [5.41, 5.74) is 1.36. The highest BCUT2D eigenvalue weighted by Crippen LogP contribution is 2.14. The van der Waals surface area contributed by atoms with Crippen molar-refractivity contribution in [2.24, 2.45) is 0 Å². The fourth-order valence-electron chi connectivity index (χ4n) is 3.08. The monoisotopic (exact) mass is 423 g/mol. The molecule has 0 radical (unpaired) electrons. The molecule has 0 saturated carbocycles. The van der Waals surface area contributed by atoms with Crippen molar-refractivity contribution in [2.75, 3.05) is 5.32 Å². The standard InChI is InChI=1S/C24H29N3O4/c1-3-21(29)12-5-4-6-13-22(27-23(30)19-10-8-14-25-16-19)24(31)26-20-11-7-9-18(15-20)17(2)28/h7-11,14-16,22H,3-6,12-13H2,1-2H3,(H,26,31)(H,27,30)/t22-/m0/s1. The number of ketones is 2. The van der Waals surface area contributed by atoms with Gasteiger partial charge < -0.3 is 10.6 Å². The molecule has 0 bridgehead atoms. The van der Waals surface area contributed by atoms with Gasteiger partial charge in [-0.2, -0.15) is 0 Å². The van der Waals surface area contributed by atoms with Crippen LogP contribution in [0, 0.1) is 0 Å². The van der Waals surface area contributed by atoms with Gasteiger partial charge in [0.15, 0.2) is 5.78 Å². The summed E-state index contributed by atoms with van der Waals surface area (Å²) in [5.74, 6) is -0.613. The Balaban J connectivity index is 2.03. The van der Waals surface area contributed by atoms with Crippen molar-refractivity contribution in [3.8, 4) is 0 Å². The molecule has 0 aliphatic carbocycles. The Hall–Kier alpha value is -3.35. The Labute approximate surface area is 182 Å². The fraction of sp³-hybridized carbons (Fsp3) is 0.375. The van der Waals surface area contributed by atoms with Gasteiger partial charge in [0.1, 0.15) is 11.8 Å². The maximum absolute atomic E-state index is 12.9. The molecule has 2 aromatic rings. The Kier molecular flexibility index (Phi) is 9.55. The number of benzene rings is 1. The number of carbonyl (C=O) groups is 4. The van der Waals surface area contributed by atoms with Gasteiger partial charge in [-0.05, 0) is 44.0 Å². The summed E-state index contributed by atoms with van der Waals surface area (Å²) in [7, 11) is 0. The second kappa shape index (κ2) is 12.4. The lowest BCUT2D eigenvalue weighted by molar-refractivity contribution is -0.119. The van der Waals surface area contributed by atoms with Crippen LogP contribution < -0.4 is 10.6 Å². The number of unbranched alkanes of at least 4 members (excludes halogenated alkanes) is 2. The van der Waals surface area contributed by atoms with Crippen LogP contribution in [0.3, 0.4) is 0 Å². The number of anilines is 1. The molecular formula is C24H29N3O4. The van der Waals surface area contributed by atoms with Crippen LogP contribution >= 0.6 is 0 Å². The highest BCUT2D eigenvalue weighted by Gasteiger charge is 2.21. The Morgan fingerprint density at radius 3 is 2.45 bits per heavy atom. The molecule has 1 aromatic heterocycles. The third-order valence-corrected chi connectivity index (χ3v) is 4.92. The summed E-state index contributed by atoms with van der Waals surface area (Å²) < 4.78 is 0. The number of amides is 2. The first-order valence-electron chi connectivity index (χ1n) is 10.5. The minimum atomic E-state index is -0.754. The van der Waals surface area contributed by atoms with Gasteiger partial charge in [0, 0.05) is 36.5 Å². The first-order valence-corrected chi connectivity index (χ1v) is 10.5. The first kappa shape index (κ1) is 23.9. The van der Waals surface area contributed by atoms with Crippen LogP contribution in [-0.4, -0.2) is 34.4 Å². The molecule has 0 fully saturated rings. The molecule has 0 aliphatic heterocycles. The number of pyridine rings is 1. The zero-order valence-corrected chi connectivity index (χ0v) is 18.0. The molecule has 1 aromatic carbocycles. The van der Waals surface area contributed by atoms with Gasteiger partial charge in [-0.3, -0.25) is 24.2 Å². The van der Waals surface area contributed by atoms with Gasteiger partial charge in [0.25, 0.3) is 5.91 Å².